The average molecular weight is 646 g/mol. The number of benzene rings is 1. The summed E-state index contributed by atoms with van der Waals surface area (Å²) in [7, 11) is 1.81. The highest BCUT2D eigenvalue weighted by Crippen LogP contribution is 2.35. The number of aliphatic carboxylic acids is 1. The molecule has 4 rings (SSSR count). The van der Waals surface area contributed by atoms with Crippen molar-refractivity contribution in [3.63, 3.8) is 0 Å². The average Bonchev–Trinajstić information content (AvgIpc) is 2.97. The number of piperidine rings is 2. The quantitative estimate of drug-likeness (QED) is 0.499. The molecule has 2 atom stereocenters. The fraction of sp³-hybridized carbons (Fsp3) is 0.483. The molecule has 1 N–H and O–H groups in total. The number of amides is 3. The molecule has 2 saturated heterocycles. The van der Waals surface area contributed by atoms with Gasteiger partial charge in [-0.25, -0.2) is 4.79 Å². The second-order valence-corrected chi connectivity index (χ2v) is 11.4. The molecule has 1 aromatic carbocycles. The number of likely N-dealkylation sites (tertiary alicyclic amines) is 2. The Kier molecular flexibility index (Phi) is 11.4. The molecule has 2 fully saturated rings. The number of carbonyl (C=O) groups is 4. The summed E-state index contributed by atoms with van der Waals surface area (Å²) in [6.45, 7) is 5.73. The van der Waals surface area contributed by atoms with Crippen LogP contribution in [0.2, 0.25) is 10.0 Å². The van der Waals surface area contributed by atoms with Gasteiger partial charge in [0.15, 0.2) is 0 Å². The van der Waals surface area contributed by atoms with Crippen molar-refractivity contribution in [2.45, 2.75) is 51.2 Å². The zero-order chi connectivity index (χ0) is 32.1. The van der Waals surface area contributed by atoms with Crippen LogP contribution in [0, 0.1) is 12.8 Å². The monoisotopic (exact) mass is 644 g/mol. The topological polar surface area (TPSA) is 111 Å². The molecule has 9 nitrogen and oxygen atoms in total. The van der Waals surface area contributed by atoms with E-state index >= 15 is 0 Å². The molecule has 2 unspecified atom stereocenters. The first kappa shape index (κ1) is 34.1. The lowest BCUT2D eigenvalue weighted by Crippen LogP contribution is -2.53. The number of aryl methyl sites for hydroxylation is 1. The number of rotatable bonds is 4. The minimum Gasteiger partial charge on any atom is -0.475 e. The number of carboxylic acids is 1. The van der Waals surface area contributed by atoms with E-state index in [1.54, 1.807) is 35.1 Å². The second-order valence-electron chi connectivity index (χ2n) is 10.6. The third kappa shape index (κ3) is 8.82. The fourth-order valence-corrected chi connectivity index (χ4v) is 5.63. The van der Waals surface area contributed by atoms with E-state index in [0.717, 1.165) is 11.3 Å². The number of nitrogens with zero attached hydrogens (tertiary/aromatic N) is 4. The minimum absolute atomic E-state index is 0.0536. The number of hydrogen-bond acceptors (Lipinski definition) is 5. The van der Waals surface area contributed by atoms with E-state index in [4.69, 9.17) is 33.1 Å². The molecule has 43 heavy (non-hydrogen) atoms. The lowest BCUT2D eigenvalue weighted by molar-refractivity contribution is -0.192. The highest BCUT2D eigenvalue weighted by atomic mass is 35.5. The van der Waals surface area contributed by atoms with Gasteiger partial charge in [-0.3, -0.25) is 19.4 Å². The largest absolute Gasteiger partial charge is 0.490 e. The summed E-state index contributed by atoms with van der Waals surface area (Å²) >= 11 is 12.5. The SMILES string of the molecule is CC(=O)N1CCC(C(=O)N2CCC(N(C)C(=O)c3ccc(C)nc3)C(c3ccc(Cl)c(Cl)c3)C2)CC1.O=C(O)C(F)(F)F. The van der Waals surface area contributed by atoms with Crippen molar-refractivity contribution in [1.29, 1.82) is 0 Å². The molecule has 0 aliphatic carbocycles. The van der Waals surface area contributed by atoms with Crippen molar-refractivity contribution in [2.75, 3.05) is 33.2 Å². The molecule has 2 aliphatic heterocycles. The first-order valence-electron chi connectivity index (χ1n) is 13.6. The molecule has 14 heteroatoms. The number of aromatic nitrogens is 1. The van der Waals surface area contributed by atoms with Gasteiger partial charge in [-0.05, 0) is 56.0 Å². The Morgan fingerprint density at radius 3 is 2.09 bits per heavy atom. The van der Waals surface area contributed by atoms with Crippen molar-refractivity contribution in [3.05, 3.63) is 63.4 Å². The highest BCUT2D eigenvalue weighted by Gasteiger charge is 2.39. The smallest absolute Gasteiger partial charge is 0.475 e. The van der Waals surface area contributed by atoms with Crippen molar-refractivity contribution >= 4 is 46.9 Å². The number of pyridine rings is 1. The number of halogens is 5. The Bertz CT molecular complexity index is 1330. The number of hydrogen-bond donors (Lipinski definition) is 1. The van der Waals surface area contributed by atoms with E-state index in [9.17, 15) is 27.6 Å². The zero-order valence-electron chi connectivity index (χ0n) is 23.9. The lowest BCUT2D eigenvalue weighted by atomic mass is 9.83. The molecule has 0 saturated carbocycles. The van der Waals surface area contributed by atoms with Crippen LogP contribution in [-0.2, 0) is 14.4 Å². The zero-order valence-corrected chi connectivity index (χ0v) is 25.4. The van der Waals surface area contributed by atoms with Gasteiger partial charge in [-0.2, -0.15) is 13.2 Å². The minimum atomic E-state index is -5.08. The summed E-state index contributed by atoms with van der Waals surface area (Å²) in [5.41, 5.74) is 2.33. The van der Waals surface area contributed by atoms with Gasteiger partial charge < -0.3 is 19.8 Å². The Morgan fingerprint density at radius 1 is 0.977 bits per heavy atom. The molecule has 0 spiro atoms. The summed E-state index contributed by atoms with van der Waals surface area (Å²) in [4.78, 5) is 57.1. The maximum Gasteiger partial charge on any atom is 0.490 e. The first-order chi connectivity index (χ1) is 20.1. The molecule has 0 radical (unpaired) electrons. The van der Waals surface area contributed by atoms with Gasteiger partial charge in [0.2, 0.25) is 11.8 Å². The van der Waals surface area contributed by atoms with Gasteiger partial charge in [0, 0.05) is 69.9 Å². The summed E-state index contributed by atoms with van der Waals surface area (Å²) in [5.74, 6) is -2.90. The third-order valence-corrected chi connectivity index (χ3v) is 8.51. The summed E-state index contributed by atoms with van der Waals surface area (Å²) in [6, 6.07) is 9.03. The van der Waals surface area contributed by atoms with Gasteiger partial charge in [0.25, 0.3) is 5.91 Å². The van der Waals surface area contributed by atoms with Crippen molar-refractivity contribution in [1.82, 2.24) is 19.7 Å². The Morgan fingerprint density at radius 2 is 1.58 bits per heavy atom. The van der Waals surface area contributed by atoms with Crippen molar-refractivity contribution in [3.8, 4) is 0 Å². The standard InChI is InChI=1S/C27H32Cl2N4O3.C2HF3O2/c1-17-4-5-21(15-30-17)26(35)31(3)25-10-13-33(16-22(25)20-6-7-23(28)24(29)14-20)27(36)19-8-11-32(12-9-19)18(2)34;3-2(4,5)1(6)7/h4-7,14-15,19,22,25H,8-13,16H2,1-3H3;(H,6,7). The Balaban J connectivity index is 0.000000646. The van der Waals surface area contributed by atoms with Crippen LogP contribution >= 0.6 is 23.2 Å². The number of carbonyl (C=O) groups excluding carboxylic acids is 3. The molecule has 0 bridgehead atoms. The fourth-order valence-electron chi connectivity index (χ4n) is 5.32. The van der Waals surface area contributed by atoms with Gasteiger partial charge in [-0.1, -0.05) is 29.3 Å². The van der Waals surface area contributed by atoms with Crippen LogP contribution in [0.3, 0.4) is 0 Å². The van der Waals surface area contributed by atoms with Gasteiger partial charge >= 0.3 is 12.1 Å². The summed E-state index contributed by atoms with van der Waals surface area (Å²) < 4.78 is 31.7. The highest BCUT2D eigenvalue weighted by molar-refractivity contribution is 6.42. The van der Waals surface area contributed by atoms with E-state index in [1.807, 2.05) is 37.1 Å². The molecule has 3 amide bonds. The van der Waals surface area contributed by atoms with Gasteiger partial charge in [-0.15, -0.1) is 0 Å². The predicted octanol–water partition coefficient (Wildman–Crippen LogP) is 5.05. The maximum atomic E-state index is 13.5. The number of carboxylic acid groups (broad SMARTS) is 1. The number of alkyl halides is 3. The normalized spacial score (nSPS) is 19.3. The lowest BCUT2D eigenvalue weighted by Gasteiger charge is -2.44. The molecular formula is C29H33Cl2F3N4O5. The van der Waals surface area contributed by atoms with Crippen LogP contribution in [-0.4, -0.2) is 93.9 Å². The van der Waals surface area contributed by atoms with Crippen LogP contribution in [0.4, 0.5) is 13.2 Å². The van der Waals surface area contributed by atoms with Crippen LogP contribution in [0.5, 0.6) is 0 Å². The van der Waals surface area contributed by atoms with Gasteiger partial charge in [0.1, 0.15) is 0 Å². The van der Waals surface area contributed by atoms with Crippen LogP contribution in [0.25, 0.3) is 0 Å². The Labute approximate surface area is 257 Å². The molecule has 3 heterocycles. The number of likely N-dealkylation sites (N-methyl/N-ethyl adjacent to an activating group) is 1. The molecule has 234 valence electrons. The molecular weight excluding hydrogens is 612 g/mol. The second kappa shape index (κ2) is 14.4. The maximum absolute atomic E-state index is 13.5. The molecule has 2 aliphatic rings. The third-order valence-electron chi connectivity index (χ3n) is 7.77. The van der Waals surface area contributed by atoms with E-state index in [1.165, 1.54) is 0 Å². The van der Waals surface area contributed by atoms with E-state index < -0.39 is 12.1 Å². The van der Waals surface area contributed by atoms with E-state index in [-0.39, 0.29) is 35.6 Å². The molecule has 1 aromatic heterocycles. The van der Waals surface area contributed by atoms with Crippen LogP contribution in [0.1, 0.15) is 53.7 Å². The first-order valence-corrected chi connectivity index (χ1v) is 14.3. The van der Waals surface area contributed by atoms with E-state index in [2.05, 4.69) is 4.98 Å². The van der Waals surface area contributed by atoms with E-state index in [0.29, 0.717) is 61.1 Å². The van der Waals surface area contributed by atoms with Crippen molar-refractivity contribution in [2.24, 2.45) is 5.92 Å². The van der Waals surface area contributed by atoms with Crippen LogP contribution < -0.4 is 0 Å². The predicted molar refractivity (Wildman–Crippen MR) is 154 cm³/mol. The van der Waals surface area contributed by atoms with Crippen LogP contribution in [0.15, 0.2) is 36.5 Å². The summed E-state index contributed by atoms with van der Waals surface area (Å²) in [5, 5.41) is 8.04. The Hall–Kier alpha value is -3.38. The molecule has 2 aromatic rings. The van der Waals surface area contributed by atoms with Crippen molar-refractivity contribution < 1.29 is 37.5 Å². The summed E-state index contributed by atoms with van der Waals surface area (Å²) in [6.07, 6.45) is -1.48. The van der Waals surface area contributed by atoms with Gasteiger partial charge in [0.05, 0.1) is 15.6 Å².